The van der Waals surface area contributed by atoms with Gasteiger partial charge in [0, 0.05) is 18.1 Å². The molecule has 7 heteroatoms. The second-order valence-corrected chi connectivity index (χ2v) is 4.11. The summed E-state index contributed by atoms with van der Waals surface area (Å²) in [6.07, 6.45) is 3.25. The first-order valence-corrected chi connectivity index (χ1v) is 5.97. The fraction of sp³-hybridized carbons (Fsp3) is 0.154. The van der Waals surface area contributed by atoms with Crippen LogP contribution in [0.1, 0.15) is 11.4 Å². The minimum absolute atomic E-state index is 0.0367. The Kier molecular flexibility index (Phi) is 4.33. The highest BCUT2D eigenvalue weighted by Gasteiger charge is 2.04. The van der Waals surface area contributed by atoms with Crippen LogP contribution in [0.15, 0.2) is 36.7 Å². The Morgan fingerprint density at radius 1 is 1.25 bits per heavy atom. The largest absolute Gasteiger partial charge is 0.481 e. The SMILES string of the molecule is O=C(O)Cc1ccc(NC(=O)NCc2ncc[nH]2)cc1. The molecule has 1 aromatic heterocycles. The lowest BCUT2D eigenvalue weighted by atomic mass is 10.1. The number of nitrogens with zero attached hydrogens (tertiary/aromatic N) is 1. The van der Waals surface area contributed by atoms with Crippen molar-refractivity contribution in [1.29, 1.82) is 0 Å². The van der Waals surface area contributed by atoms with Crippen molar-refractivity contribution in [1.82, 2.24) is 15.3 Å². The zero-order chi connectivity index (χ0) is 14.4. The number of carboxylic acids is 1. The molecule has 20 heavy (non-hydrogen) atoms. The molecule has 104 valence electrons. The fourth-order valence-electron chi connectivity index (χ4n) is 1.61. The van der Waals surface area contributed by atoms with E-state index in [-0.39, 0.29) is 12.5 Å². The van der Waals surface area contributed by atoms with Crippen molar-refractivity contribution in [3.63, 3.8) is 0 Å². The molecule has 0 aliphatic carbocycles. The van der Waals surface area contributed by atoms with Gasteiger partial charge in [-0.3, -0.25) is 4.79 Å². The number of hydrogen-bond donors (Lipinski definition) is 4. The van der Waals surface area contributed by atoms with E-state index in [0.717, 1.165) is 0 Å². The number of rotatable bonds is 5. The van der Waals surface area contributed by atoms with Crippen molar-refractivity contribution in [3.8, 4) is 0 Å². The highest BCUT2D eigenvalue weighted by Crippen LogP contribution is 2.10. The van der Waals surface area contributed by atoms with Crippen LogP contribution in [0.25, 0.3) is 0 Å². The molecule has 1 heterocycles. The van der Waals surface area contributed by atoms with E-state index < -0.39 is 5.97 Å². The number of aromatic nitrogens is 2. The number of aromatic amines is 1. The number of carbonyl (C=O) groups excluding carboxylic acids is 1. The van der Waals surface area contributed by atoms with Crippen LogP contribution in [0, 0.1) is 0 Å². The number of benzene rings is 1. The molecule has 0 bridgehead atoms. The molecule has 1 aromatic carbocycles. The second-order valence-electron chi connectivity index (χ2n) is 4.11. The average molecular weight is 274 g/mol. The van der Waals surface area contributed by atoms with Crippen molar-refractivity contribution in [2.75, 3.05) is 5.32 Å². The van der Waals surface area contributed by atoms with E-state index in [1.54, 1.807) is 36.7 Å². The number of nitrogens with one attached hydrogen (secondary N) is 3. The summed E-state index contributed by atoms with van der Waals surface area (Å²) in [5.41, 5.74) is 1.27. The van der Waals surface area contributed by atoms with Crippen LogP contribution in [0.4, 0.5) is 10.5 Å². The van der Waals surface area contributed by atoms with Crippen molar-refractivity contribution in [2.45, 2.75) is 13.0 Å². The minimum Gasteiger partial charge on any atom is -0.481 e. The van der Waals surface area contributed by atoms with Gasteiger partial charge in [0.2, 0.25) is 0 Å². The van der Waals surface area contributed by atoms with Crippen LogP contribution in [-0.2, 0) is 17.8 Å². The first-order valence-electron chi connectivity index (χ1n) is 5.97. The van der Waals surface area contributed by atoms with Crippen molar-refractivity contribution >= 4 is 17.7 Å². The van der Waals surface area contributed by atoms with Gasteiger partial charge in [-0.05, 0) is 17.7 Å². The number of imidazole rings is 1. The summed E-state index contributed by atoms with van der Waals surface area (Å²) < 4.78 is 0. The molecular formula is C13H14N4O3. The molecule has 0 radical (unpaired) electrons. The first kappa shape index (κ1) is 13.6. The standard InChI is InChI=1S/C13H14N4O3/c18-12(19)7-9-1-3-10(4-2-9)17-13(20)16-8-11-14-5-6-15-11/h1-6H,7-8H2,(H,14,15)(H,18,19)(H2,16,17,20). The predicted molar refractivity (Wildman–Crippen MR) is 72.2 cm³/mol. The van der Waals surface area contributed by atoms with Crippen LogP contribution >= 0.6 is 0 Å². The Bertz CT molecular complexity index is 578. The van der Waals surface area contributed by atoms with E-state index in [4.69, 9.17) is 5.11 Å². The molecule has 2 amide bonds. The third kappa shape index (κ3) is 4.13. The quantitative estimate of drug-likeness (QED) is 0.660. The molecule has 4 N–H and O–H groups in total. The van der Waals surface area contributed by atoms with Gasteiger partial charge in [0.25, 0.3) is 0 Å². The van der Waals surface area contributed by atoms with Crippen LogP contribution in [0.5, 0.6) is 0 Å². The number of H-pyrrole nitrogens is 1. The Balaban J connectivity index is 1.83. The number of urea groups is 1. The predicted octanol–water partition coefficient (Wildman–Crippen LogP) is 1.36. The summed E-state index contributed by atoms with van der Waals surface area (Å²) in [6, 6.07) is 6.29. The minimum atomic E-state index is -0.887. The number of carboxylic acid groups (broad SMARTS) is 1. The van der Waals surface area contributed by atoms with Crippen LogP contribution in [0.2, 0.25) is 0 Å². The highest BCUT2D eigenvalue weighted by atomic mass is 16.4. The van der Waals surface area contributed by atoms with Gasteiger partial charge in [-0.15, -0.1) is 0 Å². The summed E-state index contributed by atoms with van der Waals surface area (Å²) in [5.74, 6) is -0.223. The summed E-state index contributed by atoms with van der Waals surface area (Å²) in [6.45, 7) is 0.302. The van der Waals surface area contributed by atoms with Crippen LogP contribution < -0.4 is 10.6 Å². The molecule has 0 spiro atoms. The Morgan fingerprint density at radius 2 is 2.00 bits per heavy atom. The topological polar surface area (TPSA) is 107 Å². The smallest absolute Gasteiger partial charge is 0.319 e. The molecule has 2 aromatic rings. The van der Waals surface area contributed by atoms with Crippen LogP contribution in [0.3, 0.4) is 0 Å². The Morgan fingerprint density at radius 3 is 2.60 bits per heavy atom. The molecular weight excluding hydrogens is 260 g/mol. The number of anilines is 1. The number of aliphatic carboxylic acids is 1. The summed E-state index contributed by atoms with van der Waals surface area (Å²) >= 11 is 0. The monoisotopic (exact) mass is 274 g/mol. The molecule has 0 atom stereocenters. The van der Waals surface area contributed by atoms with E-state index in [2.05, 4.69) is 20.6 Å². The number of hydrogen-bond acceptors (Lipinski definition) is 3. The molecule has 0 saturated heterocycles. The van der Waals surface area contributed by atoms with Gasteiger partial charge in [-0.1, -0.05) is 12.1 Å². The normalized spacial score (nSPS) is 10.0. The van der Waals surface area contributed by atoms with Gasteiger partial charge >= 0.3 is 12.0 Å². The third-order valence-corrected chi connectivity index (χ3v) is 2.54. The van der Waals surface area contributed by atoms with E-state index in [1.807, 2.05) is 0 Å². The van der Waals surface area contributed by atoms with Gasteiger partial charge in [-0.25, -0.2) is 9.78 Å². The Labute approximate surface area is 115 Å². The van der Waals surface area contributed by atoms with E-state index >= 15 is 0 Å². The molecule has 0 aliphatic heterocycles. The lowest BCUT2D eigenvalue weighted by Gasteiger charge is -2.07. The van der Waals surface area contributed by atoms with Gasteiger partial charge < -0.3 is 20.7 Å². The van der Waals surface area contributed by atoms with E-state index in [1.165, 1.54) is 0 Å². The van der Waals surface area contributed by atoms with Gasteiger partial charge in [0.1, 0.15) is 5.82 Å². The van der Waals surface area contributed by atoms with Crippen LogP contribution in [-0.4, -0.2) is 27.1 Å². The highest BCUT2D eigenvalue weighted by molar-refractivity contribution is 5.89. The lowest BCUT2D eigenvalue weighted by molar-refractivity contribution is -0.136. The second kappa shape index (κ2) is 6.37. The maximum absolute atomic E-state index is 11.6. The molecule has 0 fully saturated rings. The van der Waals surface area contributed by atoms with E-state index in [0.29, 0.717) is 23.6 Å². The maximum Gasteiger partial charge on any atom is 0.319 e. The molecule has 2 rings (SSSR count). The first-order chi connectivity index (χ1) is 9.63. The molecule has 0 saturated carbocycles. The Hall–Kier alpha value is -2.83. The average Bonchev–Trinajstić information content (AvgIpc) is 2.91. The fourth-order valence-corrected chi connectivity index (χ4v) is 1.61. The summed E-state index contributed by atoms with van der Waals surface area (Å²) in [4.78, 5) is 29.0. The van der Waals surface area contributed by atoms with Crippen molar-refractivity contribution in [2.24, 2.45) is 0 Å². The maximum atomic E-state index is 11.6. The van der Waals surface area contributed by atoms with Gasteiger partial charge in [-0.2, -0.15) is 0 Å². The lowest BCUT2D eigenvalue weighted by Crippen LogP contribution is -2.28. The third-order valence-electron chi connectivity index (χ3n) is 2.54. The van der Waals surface area contributed by atoms with Crippen molar-refractivity contribution in [3.05, 3.63) is 48.0 Å². The number of amides is 2. The number of carbonyl (C=O) groups is 2. The van der Waals surface area contributed by atoms with E-state index in [9.17, 15) is 9.59 Å². The molecule has 0 aliphatic rings. The molecule has 0 unspecified atom stereocenters. The van der Waals surface area contributed by atoms with Gasteiger partial charge in [0.05, 0.1) is 13.0 Å². The molecule has 7 nitrogen and oxygen atoms in total. The zero-order valence-electron chi connectivity index (χ0n) is 10.6. The van der Waals surface area contributed by atoms with Crippen molar-refractivity contribution < 1.29 is 14.7 Å². The zero-order valence-corrected chi connectivity index (χ0v) is 10.6. The summed E-state index contributed by atoms with van der Waals surface area (Å²) in [5, 5.41) is 13.9. The summed E-state index contributed by atoms with van der Waals surface area (Å²) in [7, 11) is 0. The van der Waals surface area contributed by atoms with Gasteiger partial charge in [0.15, 0.2) is 0 Å².